The normalized spacial score (nSPS) is 12.2. The van der Waals surface area contributed by atoms with E-state index in [2.05, 4.69) is 9.97 Å². The number of benzene rings is 1. The first-order valence-corrected chi connectivity index (χ1v) is 8.00. The van der Waals surface area contributed by atoms with Gasteiger partial charge in [0.1, 0.15) is 11.6 Å². The highest BCUT2D eigenvalue weighted by molar-refractivity contribution is 5.85. The van der Waals surface area contributed by atoms with Crippen LogP contribution in [0.5, 0.6) is 0 Å². The Labute approximate surface area is 156 Å². The lowest BCUT2D eigenvalue weighted by Crippen LogP contribution is -2.18. The minimum absolute atomic E-state index is 0. The number of nitrogens with one attached hydrogen (secondary N) is 1. The topological polar surface area (TPSA) is 47.1 Å². The summed E-state index contributed by atoms with van der Waals surface area (Å²) in [4.78, 5) is 7.75. The Morgan fingerprint density at radius 1 is 1.15 bits per heavy atom. The summed E-state index contributed by atoms with van der Waals surface area (Å²) in [7, 11) is 1.54. The SMILES string of the molecule is COC(Cc1ccnc2c(C)c(C)[nH]c12)OCc1cc(F)cc(F)c1.Cl. The van der Waals surface area contributed by atoms with E-state index in [4.69, 9.17) is 9.47 Å². The standard InChI is InChI=1S/C19H20F2N2O2.ClH/c1-11-12(2)23-19-14(4-5-22-18(11)19)8-17(24-3)25-10-13-6-15(20)9-16(21)7-13;/h4-7,9,17,23H,8,10H2,1-3H3;1H. The van der Waals surface area contributed by atoms with Crippen LogP contribution in [0, 0.1) is 25.5 Å². The van der Waals surface area contributed by atoms with E-state index in [0.717, 1.165) is 33.9 Å². The van der Waals surface area contributed by atoms with Crippen LogP contribution in [0.15, 0.2) is 30.5 Å². The number of H-pyrrole nitrogens is 1. The van der Waals surface area contributed by atoms with Gasteiger partial charge in [-0.15, -0.1) is 12.4 Å². The van der Waals surface area contributed by atoms with E-state index in [1.807, 2.05) is 19.9 Å². The summed E-state index contributed by atoms with van der Waals surface area (Å²) in [6.07, 6.45) is 1.71. The molecule has 3 aromatic rings. The first-order valence-electron chi connectivity index (χ1n) is 8.00. The molecule has 1 unspecified atom stereocenters. The van der Waals surface area contributed by atoms with E-state index in [0.29, 0.717) is 12.0 Å². The zero-order valence-corrected chi connectivity index (χ0v) is 15.6. The van der Waals surface area contributed by atoms with E-state index in [1.54, 1.807) is 13.3 Å². The smallest absolute Gasteiger partial charge is 0.161 e. The Hall–Kier alpha value is -2.02. The van der Waals surface area contributed by atoms with Crippen LogP contribution in [0.4, 0.5) is 8.78 Å². The van der Waals surface area contributed by atoms with E-state index >= 15 is 0 Å². The van der Waals surface area contributed by atoms with Gasteiger partial charge in [0.05, 0.1) is 17.6 Å². The second-order valence-corrected chi connectivity index (χ2v) is 6.03. The second-order valence-electron chi connectivity index (χ2n) is 6.03. The Balaban J connectivity index is 0.00000243. The molecular weight excluding hydrogens is 362 g/mol. The van der Waals surface area contributed by atoms with Crippen molar-refractivity contribution in [3.63, 3.8) is 0 Å². The number of ether oxygens (including phenoxy) is 2. The average molecular weight is 383 g/mol. The van der Waals surface area contributed by atoms with Gasteiger partial charge < -0.3 is 14.5 Å². The van der Waals surface area contributed by atoms with Crippen LogP contribution in [-0.2, 0) is 22.5 Å². The molecule has 0 aliphatic rings. The summed E-state index contributed by atoms with van der Waals surface area (Å²) in [5, 5.41) is 0. The molecule has 7 heteroatoms. The lowest BCUT2D eigenvalue weighted by Gasteiger charge is -2.17. The minimum atomic E-state index is -0.624. The number of fused-ring (bicyclic) bond motifs is 1. The van der Waals surface area contributed by atoms with Crippen molar-refractivity contribution in [2.45, 2.75) is 33.2 Å². The number of aromatic nitrogens is 2. The average Bonchev–Trinajstić information content (AvgIpc) is 2.86. The van der Waals surface area contributed by atoms with Gasteiger partial charge in [0.15, 0.2) is 6.29 Å². The van der Waals surface area contributed by atoms with Crippen LogP contribution in [0.3, 0.4) is 0 Å². The maximum atomic E-state index is 13.3. The molecule has 140 valence electrons. The molecule has 0 saturated carbocycles. The molecule has 0 saturated heterocycles. The first kappa shape index (κ1) is 20.3. The summed E-state index contributed by atoms with van der Waals surface area (Å²) in [5.74, 6) is -1.25. The van der Waals surface area contributed by atoms with Crippen LogP contribution < -0.4 is 0 Å². The molecule has 0 aliphatic heterocycles. The van der Waals surface area contributed by atoms with Gasteiger partial charge in [0.25, 0.3) is 0 Å². The van der Waals surface area contributed by atoms with Crippen molar-refractivity contribution in [2.24, 2.45) is 0 Å². The summed E-state index contributed by atoms with van der Waals surface area (Å²) in [6, 6.07) is 5.24. The fourth-order valence-electron chi connectivity index (χ4n) is 2.83. The van der Waals surface area contributed by atoms with Crippen LogP contribution >= 0.6 is 12.4 Å². The molecule has 0 radical (unpaired) electrons. The summed E-state index contributed by atoms with van der Waals surface area (Å²) in [6.45, 7) is 4.08. The molecule has 0 aliphatic carbocycles. The van der Waals surface area contributed by atoms with Crippen molar-refractivity contribution in [3.8, 4) is 0 Å². The molecule has 2 heterocycles. The lowest BCUT2D eigenvalue weighted by atomic mass is 10.1. The van der Waals surface area contributed by atoms with Gasteiger partial charge in [-0.2, -0.15) is 0 Å². The number of rotatable bonds is 6. The molecule has 0 fully saturated rings. The highest BCUT2D eigenvalue weighted by Gasteiger charge is 2.15. The van der Waals surface area contributed by atoms with Crippen molar-refractivity contribution < 1.29 is 18.3 Å². The van der Waals surface area contributed by atoms with E-state index in [-0.39, 0.29) is 19.0 Å². The number of aromatic amines is 1. The van der Waals surface area contributed by atoms with Crippen molar-refractivity contribution in [2.75, 3.05) is 7.11 Å². The highest BCUT2D eigenvalue weighted by atomic mass is 35.5. The first-order chi connectivity index (χ1) is 12.0. The number of hydrogen-bond acceptors (Lipinski definition) is 3. The van der Waals surface area contributed by atoms with Crippen LogP contribution in [0.25, 0.3) is 11.0 Å². The molecule has 0 spiro atoms. The molecule has 1 atom stereocenters. The van der Waals surface area contributed by atoms with E-state index in [1.165, 1.54) is 12.1 Å². The van der Waals surface area contributed by atoms with Crippen molar-refractivity contribution in [3.05, 3.63) is 64.5 Å². The molecule has 2 aromatic heterocycles. The number of aryl methyl sites for hydroxylation is 2. The third-order valence-corrected chi connectivity index (χ3v) is 4.28. The summed E-state index contributed by atoms with van der Waals surface area (Å²) >= 11 is 0. The lowest BCUT2D eigenvalue weighted by molar-refractivity contribution is -0.130. The quantitative estimate of drug-likeness (QED) is 0.633. The van der Waals surface area contributed by atoms with Gasteiger partial charge in [-0.3, -0.25) is 4.98 Å². The zero-order valence-electron chi connectivity index (χ0n) is 14.8. The molecule has 1 N–H and O–H groups in total. The van der Waals surface area contributed by atoms with Crippen LogP contribution in [0.1, 0.15) is 22.4 Å². The number of hydrogen-bond donors (Lipinski definition) is 1. The van der Waals surface area contributed by atoms with Gasteiger partial charge in [-0.05, 0) is 48.7 Å². The van der Waals surface area contributed by atoms with Gasteiger partial charge >= 0.3 is 0 Å². The second kappa shape index (κ2) is 8.58. The fourth-order valence-corrected chi connectivity index (χ4v) is 2.83. The number of halogens is 3. The Bertz CT molecular complexity index is 878. The fraction of sp³-hybridized carbons (Fsp3) is 0.316. The monoisotopic (exact) mass is 382 g/mol. The van der Waals surface area contributed by atoms with Crippen molar-refractivity contribution >= 4 is 23.4 Å². The van der Waals surface area contributed by atoms with Gasteiger partial charge in [0, 0.05) is 31.5 Å². The third-order valence-electron chi connectivity index (χ3n) is 4.28. The predicted molar refractivity (Wildman–Crippen MR) is 98.5 cm³/mol. The van der Waals surface area contributed by atoms with E-state index < -0.39 is 17.9 Å². The van der Waals surface area contributed by atoms with E-state index in [9.17, 15) is 8.78 Å². The predicted octanol–water partition coefficient (Wildman–Crippen LogP) is 4.61. The molecule has 0 amide bonds. The molecule has 1 aromatic carbocycles. The molecule has 4 nitrogen and oxygen atoms in total. The minimum Gasteiger partial charge on any atom is -0.357 e. The van der Waals surface area contributed by atoms with Gasteiger partial charge in [-0.1, -0.05) is 0 Å². The number of methoxy groups -OCH3 is 1. The van der Waals surface area contributed by atoms with Crippen molar-refractivity contribution in [1.29, 1.82) is 0 Å². The molecular formula is C19H21ClF2N2O2. The third kappa shape index (κ3) is 4.38. The Morgan fingerprint density at radius 2 is 1.85 bits per heavy atom. The largest absolute Gasteiger partial charge is 0.357 e. The molecule has 26 heavy (non-hydrogen) atoms. The Morgan fingerprint density at radius 3 is 2.50 bits per heavy atom. The summed E-state index contributed by atoms with van der Waals surface area (Å²) < 4.78 is 37.6. The van der Waals surface area contributed by atoms with Crippen LogP contribution in [0.2, 0.25) is 0 Å². The highest BCUT2D eigenvalue weighted by Crippen LogP contribution is 2.23. The van der Waals surface area contributed by atoms with Crippen LogP contribution in [-0.4, -0.2) is 23.4 Å². The molecule has 3 rings (SSSR count). The zero-order chi connectivity index (χ0) is 18.0. The maximum Gasteiger partial charge on any atom is 0.161 e. The summed E-state index contributed by atoms with van der Waals surface area (Å²) in [5.41, 5.74) is 5.50. The van der Waals surface area contributed by atoms with Gasteiger partial charge in [-0.25, -0.2) is 8.78 Å². The number of pyridine rings is 1. The van der Waals surface area contributed by atoms with Crippen molar-refractivity contribution in [1.82, 2.24) is 9.97 Å². The number of nitrogens with zero attached hydrogens (tertiary/aromatic N) is 1. The Kier molecular flexibility index (Phi) is 6.69. The molecule has 0 bridgehead atoms. The van der Waals surface area contributed by atoms with Gasteiger partial charge in [0.2, 0.25) is 0 Å². The maximum absolute atomic E-state index is 13.3.